The van der Waals surface area contributed by atoms with Crippen molar-refractivity contribution in [3.05, 3.63) is 46.3 Å². The van der Waals surface area contributed by atoms with Gasteiger partial charge in [0.2, 0.25) is 5.91 Å². The Morgan fingerprint density at radius 1 is 1.23 bits per heavy atom. The Morgan fingerprint density at radius 2 is 2.03 bits per heavy atom. The van der Waals surface area contributed by atoms with Gasteiger partial charge in [-0.1, -0.05) is 48.4 Å². The fraction of sp³-hybridized carbons (Fsp3) is 0.542. The number of carbonyl (C=O) groups excluding carboxylic acids is 1. The number of amides is 1. The molecule has 0 radical (unpaired) electrons. The van der Waals surface area contributed by atoms with Crippen molar-refractivity contribution in [3.8, 4) is 0 Å². The Kier molecular flexibility index (Phi) is 6.93. The monoisotopic (exact) mass is 425 g/mol. The number of fused-ring (bicyclic) bond motifs is 1. The van der Waals surface area contributed by atoms with E-state index < -0.39 is 0 Å². The highest BCUT2D eigenvalue weighted by Crippen LogP contribution is 2.26. The molecule has 30 heavy (non-hydrogen) atoms. The van der Waals surface area contributed by atoms with E-state index in [4.69, 9.17) is 4.98 Å². The zero-order valence-corrected chi connectivity index (χ0v) is 18.5. The molecule has 0 bridgehead atoms. The second-order valence-electron chi connectivity index (χ2n) is 8.48. The van der Waals surface area contributed by atoms with E-state index in [9.17, 15) is 9.59 Å². The number of para-hydroxylation sites is 1. The average molecular weight is 426 g/mol. The summed E-state index contributed by atoms with van der Waals surface area (Å²) in [6.45, 7) is 2.52. The van der Waals surface area contributed by atoms with Gasteiger partial charge in [-0.2, -0.15) is 0 Å². The van der Waals surface area contributed by atoms with Crippen LogP contribution in [0.15, 0.2) is 45.9 Å². The van der Waals surface area contributed by atoms with Crippen LogP contribution in [0.2, 0.25) is 0 Å². The fourth-order valence-corrected chi connectivity index (χ4v) is 5.37. The Morgan fingerprint density at radius 3 is 2.80 bits per heavy atom. The number of carbonyl (C=O) groups is 1. The molecule has 1 fully saturated rings. The summed E-state index contributed by atoms with van der Waals surface area (Å²) in [7, 11) is 0. The lowest BCUT2D eigenvalue weighted by molar-refractivity contribution is -0.120. The number of nitrogens with zero attached hydrogens (tertiary/aromatic N) is 2. The minimum Gasteiger partial charge on any atom is -0.352 e. The van der Waals surface area contributed by atoms with E-state index in [2.05, 4.69) is 11.4 Å². The number of hydrogen-bond donors (Lipinski definition) is 1. The van der Waals surface area contributed by atoms with Crippen LogP contribution < -0.4 is 10.9 Å². The molecule has 2 aliphatic carbocycles. The summed E-state index contributed by atoms with van der Waals surface area (Å²) in [6, 6.07) is 7.79. The van der Waals surface area contributed by atoms with Crippen molar-refractivity contribution in [1.82, 2.24) is 14.9 Å². The van der Waals surface area contributed by atoms with Gasteiger partial charge in [-0.15, -0.1) is 0 Å². The van der Waals surface area contributed by atoms with E-state index in [1.54, 1.807) is 4.57 Å². The van der Waals surface area contributed by atoms with Crippen molar-refractivity contribution in [2.75, 3.05) is 0 Å². The number of allylic oxidation sites excluding steroid dienone is 2. The van der Waals surface area contributed by atoms with Crippen LogP contribution in [0.4, 0.5) is 0 Å². The third kappa shape index (κ3) is 4.97. The number of thioether (sulfide) groups is 1. The fourth-order valence-electron chi connectivity index (χ4n) is 4.42. The first-order valence-electron chi connectivity index (χ1n) is 11.3. The van der Waals surface area contributed by atoms with Gasteiger partial charge in [0.15, 0.2) is 5.16 Å². The number of rotatable bonds is 7. The number of nitrogens with one attached hydrogen (secondary N) is 1. The first-order chi connectivity index (χ1) is 14.6. The number of aromatic nitrogens is 2. The van der Waals surface area contributed by atoms with Gasteiger partial charge in [0.25, 0.3) is 5.56 Å². The molecule has 1 N–H and O–H groups in total. The molecule has 0 saturated heterocycles. The van der Waals surface area contributed by atoms with Crippen molar-refractivity contribution in [3.63, 3.8) is 0 Å². The first kappa shape index (κ1) is 21.2. The Labute approximate surface area is 182 Å². The highest BCUT2D eigenvalue weighted by Gasteiger charge is 2.23. The van der Waals surface area contributed by atoms with E-state index in [0.717, 1.165) is 32.1 Å². The molecule has 5 nitrogen and oxygen atoms in total. The van der Waals surface area contributed by atoms with Gasteiger partial charge in [0, 0.05) is 12.6 Å². The molecule has 0 aliphatic heterocycles. The average Bonchev–Trinajstić information content (AvgIpc) is 3.27. The lowest BCUT2D eigenvalue weighted by atomic mass is 9.97. The molecule has 4 rings (SSSR count). The summed E-state index contributed by atoms with van der Waals surface area (Å²) in [5, 5.41) is 4.16. The van der Waals surface area contributed by atoms with E-state index in [1.165, 1.54) is 43.0 Å². The summed E-state index contributed by atoms with van der Waals surface area (Å²) >= 11 is 1.40. The van der Waals surface area contributed by atoms with E-state index >= 15 is 0 Å². The lowest BCUT2D eigenvalue weighted by Crippen LogP contribution is -2.38. The number of benzene rings is 1. The molecule has 6 heteroatoms. The second-order valence-corrected chi connectivity index (χ2v) is 9.78. The molecule has 1 aromatic carbocycles. The summed E-state index contributed by atoms with van der Waals surface area (Å²) in [5.74, 6) is 0.0378. The molecule has 2 aliphatic rings. The van der Waals surface area contributed by atoms with Gasteiger partial charge >= 0.3 is 0 Å². The van der Waals surface area contributed by atoms with Gasteiger partial charge in [-0.25, -0.2) is 4.98 Å². The molecule has 1 atom stereocenters. The molecule has 160 valence electrons. The molecule has 1 amide bonds. The van der Waals surface area contributed by atoms with Crippen LogP contribution in [-0.2, 0) is 11.3 Å². The molecule has 1 aromatic heterocycles. The standard InChI is InChI=1S/C24H31N3O2S/c1-17(22(28)25-19-11-5-6-12-19)30-24-26-21-14-8-7-13-20(21)23(29)27(24)16-15-18-9-3-2-4-10-18/h7-9,13-14,17,19H,2-6,10-12,15-16H2,1H3,(H,25,28)/t17-/m1/s1. The van der Waals surface area contributed by atoms with Gasteiger partial charge < -0.3 is 5.32 Å². The van der Waals surface area contributed by atoms with Crippen LogP contribution in [0.25, 0.3) is 10.9 Å². The molecular weight excluding hydrogens is 394 g/mol. The van der Waals surface area contributed by atoms with E-state index in [-0.39, 0.29) is 16.7 Å². The van der Waals surface area contributed by atoms with Crippen LogP contribution in [0, 0.1) is 0 Å². The van der Waals surface area contributed by atoms with Crippen LogP contribution in [0.5, 0.6) is 0 Å². The Bertz CT molecular complexity index is 992. The third-order valence-corrected chi connectivity index (χ3v) is 7.31. The predicted molar refractivity (Wildman–Crippen MR) is 123 cm³/mol. The van der Waals surface area contributed by atoms with Crippen molar-refractivity contribution in [2.24, 2.45) is 0 Å². The van der Waals surface area contributed by atoms with Crippen LogP contribution in [0.3, 0.4) is 0 Å². The maximum absolute atomic E-state index is 13.2. The Hall–Kier alpha value is -2.08. The van der Waals surface area contributed by atoms with E-state index in [0.29, 0.717) is 28.6 Å². The minimum atomic E-state index is -0.293. The smallest absolute Gasteiger partial charge is 0.262 e. The molecular formula is C24H31N3O2S. The largest absolute Gasteiger partial charge is 0.352 e. The number of hydrogen-bond acceptors (Lipinski definition) is 4. The van der Waals surface area contributed by atoms with Gasteiger partial charge in [0.1, 0.15) is 0 Å². The SMILES string of the molecule is C[C@@H](Sc1nc2ccccc2c(=O)n1CCC1=CCCCC1)C(=O)NC1CCCC1. The summed E-state index contributed by atoms with van der Waals surface area (Å²) in [5.41, 5.74) is 2.12. The van der Waals surface area contributed by atoms with Crippen LogP contribution in [-0.4, -0.2) is 26.8 Å². The first-order valence-corrected chi connectivity index (χ1v) is 12.1. The summed E-state index contributed by atoms with van der Waals surface area (Å²) < 4.78 is 1.78. The molecule has 0 unspecified atom stereocenters. The Balaban J connectivity index is 1.57. The quantitative estimate of drug-likeness (QED) is 0.392. The van der Waals surface area contributed by atoms with E-state index in [1.807, 2.05) is 31.2 Å². The highest BCUT2D eigenvalue weighted by atomic mass is 32.2. The third-order valence-electron chi connectivity index (χ3n) is 6.22. The maximum atomic E-state index is 13.2. The molecule has 1 heterocycles. The zero-order valence-electron chi connectivity index (χ0n) is 17.7. The summed E-state index contributed by atoms with van der Waals surface area (Å²) in [4.78, 5) is 30.7. The predicted octanol–water partition coefficient (Wildman–Crippen LogP) is 4.83. The lowest BCUT2D eigenvalue weighted by Gasteiger charge is -2.19. The highest BCUT2D eigenvalue weighted by molar-refractivity contribution is 8.00. The van der Waals surface area contributed by atoms with Crippen LogP contribution in [0.1, 0.15) is 64.7 Å². The molecule has 1 saturated carbocycles. The van der Waals surface area contributed by atoms with Crippen molar-refractivity contribution < 1.29 is 4.79 Å². The van der Waals surface area contributed by atoms with Gasteiger partial charge in [-0.05, 0) is 64.0 Å². The van der Waals surface area contributed by atoms with Gasteiger partial charge in [0.05, 0.1) is 16.2 Å². The van der Waals surface area contributed by atoms with Crippen molar-refractivity contribution in [2.45, 2.75) is 87.7 Å². The van der Waals surface area contributed by atoms with Gasteiger partial charge in [-0.3, -0.25) is 14.2 Å². The zero-order chi connectivity index (χ0) is 20.9. The minimum absolute atomic E-state index is 0.0112. The van der Waals surface area contributed by atoms with Crippen molar-refractivity contribution in [1.29, 1.82) is 0 Å². The van der Waals surface area contributed by atoms with Crippen molar-refractivity contribution >= 4 is 28.6 Å². The second kappa shape index (κ2) is 9.82. The summed E-state index contributed by atoms with van der Waals surface area (Å²) in [6.07, 6.45) is 12.5. The topological polar surface area (TPSA) is 64.0 Å². The normalized spacial score (nSPS) is 18.4. The molecule has 2 aromatic rings. The molecule has 0 spiro atoms. The maximum Gasteiger partial charge on any atom is 0.262 e. The van der Waals surface area contributed by atoms with Crippen LogP contribution >= 0.6 is 11.8 Å².